The Morgan fingerprint density at radius 3 is 1.39 bits per heavy atom. The van der Waals surface area contributed by atoms with Gasteiger partial charge >= 0.3 is 116 Å². The van der Waals surface area contributed by atoms with Gasteiger partial charge in [0.2, 0.25) is 0 Å². The molecule has 0 atom stereocenters. The van der Waals surface area contributed by atoms with E-state index in [-0.39, 0.29) is 11.6 Å². The van der Waals surface area contributed by atoms with E-state index in [2.05, 4.69) is 0 Å². The van der Waals surface area contributed by atoms with E-state index in [4.69, 9.17) is 0 Å². The van der Waals surface area contributed by atoms with Crippen LogP contribution in [0.3, 0.4) is 0 Å². The SMILES string of the molecule is O=C(c1ccccc1)[CH]([Zn])C(=O)c1ccccc1. The van der Waals surface area contributed by atoms with Gasteiger partial charge in [-0.2, -0.15) is 0 Å². The maximum absolute atomic E-state index is 12.2. The van der Waals surface area contributed by atoms with Crippen molar-refractivity contribution in [2.75, 3.05) is 0 Å². The molecule has 18 heavy (non-hydrogen) atoms. The van der Waals surface area contributed by atoms with Crippen LogP contribution in [0.15, 0.2) is 60.7 Å². The van der Waals surface area contributed by atoms with E-state index in [9.17, 15) is 9.59 Å². The Bertz CT molecular complexity index is 498. The molecular formula is C15H11O2Zn. The van der Waals surface area contributed by atoms with Crippen LogP contribution in [0.25, 0.3) is 0 Å². The molecule has 2 rings (SSSR count). The van der Waals surface area contributed by atoms with Gasteiger partial charge in [-0.15, -0.1) is 0 Å². The Morgan fingerprint density at radius 1 is 0.722 bits per heavy atom. The fraction of sp³-hybridized carbons (Fsp3) is 0.0667. The van der Waals surface area contributed by atoms with Crippen LogP contribution in [0.5, 0.6) is 0 Å². The molecule has 0 spiro atoms. The molecule has 0 aromatic heterocycles. The third kappa shape index (κ3) is 2.80. The van der Waals surface area contributed by atoms with E-state index >= 15 is 0 Å². The first kappa shape index (κ1) is 12.8. The maximum atomic E-state index is 12.2. The third-order valence-electron chi connectivity index (χ3n) is 2.75. The summed E-state index contributed by atoms with van der Waals surface area (Å²) in [5.74, 6) is -0.158. The van der Waals surface area contributed by atoms with Crippen molar-refractivity contribution < 1.29 is 27.9 Å². The molecule has 2 nitrogen and oxygen atoms in total. The number of carbonyl (C=O) groups is 2. The summed E-state index contributed by atoms with van der Waals surface area (Å²) in [6.07, 6.45) is 0. The molecule has 0 radical (unpaired) electrons. The average molecular weight is 289 g/mol. The molecule has 2 aromatic rings. The molecule has 0 unspecified atom stereocenters. The molecule has 0 amide bonds. The van der Waals surface area contributed by atoms with Gasteiger partial charge in [-0.3, -0.25) is 0 Å². The summed E-state index contributed by atoms with van der Waals surface area (Å²) in [7, 11) is 0. The fourth-order valence-corrected chi connectivity index (χ4v) is 2.72. The number of hydrogen-bond donors (Lipinski definition) is 0. The Labute approximate surface area is 116 Å². The molecule has 0 fully saturated rings. The second-order valence-electron chi connectivity index (χ2n) is 4.01. The molecule has 0 bridgehead atoms. The first-order valence-electron chi connectivity index (χ1n) is 5.72. The summed E-state index contributed by atoms with van der Waals surface area (Å²) in [5.41, 5.74) is 1.22. The van der Waals surface area contributed by atoms with Crippen LogP contribution in [0, 0.1) is 0 Å². The van der Waals surface area contributed by atoms with E-state index in [1.54, 1.807) is 24.3 Å². The normalized spacial score (nSPS) is 10.4. The van der Waals surface area contributed by atoms with Crippen molar-refractivity contribution in [2.24, 2.45) is 0 Å². The second-order valence-corrected chi connectivity index (χ2v) is 5.73. The number of benzene rings is 2. The van der Waals surface area contributed by atoms with Crippen LogP contribution in [-0.4, -0.2) is 11.6 Å². The van der Waals surface area contributed by atoms with E-state index in [0.717, 1.165) is 0 Å². The summed E-state index contributed by atoms with van der Waals surface area (Å²) >= 11 is 0.640. The van der Waals surface area contributed by atoms with Gasteiger partial charge in [-0.05, 0) is 0 Å². The van der Waals surface area contributed by atoms with Crippen molar-refractivity contribution in [1.82, 2.24) is 0 Å². The van der Waals surface area contributed by atoms with Gasteiger partial charge in [-0.1, -0.05) is 0 Å². The van der Waals surface area contributed by atoms with Crippen molar-refractivity contribution in [3.63, 3.8) is 0 Å². The minimum absolute atomic E-state index is 0.0792. The van der Waals surface area contributed by atoms with E-state index in [1.165, 1.54) is 0 Å². The molecule has 85 valence electrons. The first-order chi connectivity index (χ1) is 8.70. The van der Waals surface area contributed by atoms with Crippen molar-refractivity contribution in [1.29, 1.82) is 0 Å². The summed E-state index contributed by atoms with van der Waals surface area (Å²) in [4.78, 5) is 24.3. The zero-order valence-corrected chi connectivity index (χ0v) is 12.8. The minimum atomic E-state index is -0.519. The Hall–Kier alpha value is -1.60. The molecule has 2 aromatic carbocycles. The summed E-state index contributed by atoms with van der Waals surface area (Å²) < 4.78 is -0.519. The van der Waals surface area contributed by atoms with Crippen LogP contribution < -0.4 is 0 Å². The zero-order chi connectivity index (χ0) is 13.0. The van der Waals surface area contributed by atoms with Crippen LogP contribution >= 0.6 is 0 Å². The predicted octanol–water partition coefficient (Wildman–Crippen LogP) is 3.09. The molecule has 0 saturated heterocycles. The molecule has 0 aliphatic carbocycles. The van der Waals surface area contributed by atoms with Crippen LogP contribution in [-0.2, 0) is 18.3 Å². The van der Waals surface area contributed by atoms with Gasteiger partial charge in [0.1, 0.15) is 0 Å². The van der Waals surface area contributed by atoms with Crippen LogP contribution in [0.2, 0.25) is 4.51 Å². The fourth-order valence-electron chi connectivity index (χ4n) is 1.73. The monoisotopic (exact) mass is 287 g/mol. The van der Waals surface area contributed by atoms with Crippen molar-refractivity contribution in [3.8, 4) is 0 Å². The third-order valence-corrected chi connectivity index (χ3v) is 4.31. The summed E-state index contributed by atoms with van der Waals surface area (Å²) in [5, 5.41) is 0. The first-order valence-corrected chi connectivity index (χ1v) is 7.43. The topological polar surface area (TPSA) is 34.1 Å². The number of hydrogen-bond acceptors (Lipinski definition) is 2. The van der Waals surface area contributed by atoms with E-state index < -0.39 is 4.51 Å². The van der Waals surface area contributed by atoms with Gasteiger partial charge in [-0.25, -0.2) is 0 Å². The van der Waals surface area contributed by atoms with Gasteiger partial charge in [0, 0.05) is 0 Å². The predicted molar refractivity (Wildman–Crippen MR) is 65.3 cm³/mol. The molecule has 0 N–H and O–H groups in total. The molecule has 0 heterocycles. The zero-order valence-electron chi connectivity index (χ0n) is 9.87. The van der Waals surface area contributed by atoms with Gasteiger partial charge in [0.15, 0.2) is 0 Å². The van der Waals surface area contributed by atoms with Gasteiger partial charge in [0.05, 0.1) is 0 Å². The van der Waals surface area contributed by atoms with Crippen molar-refractivity contribution in [3.05, 3.63) is 71.8 Å². The molecular weight excluding hydrogens is 278 g/mol. The molecule has 0 aliphatic rings. The molecule has 0 aliphatic heterocycles. The van der Waals surface area contributed by atoms with Crippen molar-refractivity contribution in [2.45, 2.75) is 4.51 Å². The second kappa shape index (κ2) is 5.83. The van der Waals surface area contributed by atoms with Crippen LogP contribution in [0.4, 0.5) is 0 Å². The number of rotatable bonds is 4. The Kier molecular flexibility index (Phi) is 4.16. The number of Topliss-reactive ketones (excluding diaryl/α,β-unsaturated/α-hetero) is 2. The van der Waals surface area contributed by atoms with Gasteiger partial charge < -0.3 is 0 Å². The quantitative estimate of drug-likeness (QED) is 0.492. The summed E-state index contributed by atoms with van der Waals surface area (Å²) in [6, 6.07) is 18.0. The molecule has 3 heteroatoms. The Balaban J connectivity index is 2.20. The molecule has 0 saturated carbocycles. The Morgan fingerprint density at radius 2 is 1.06 bits per heavy atom. The van der Waals surface area contributed by atoms with E-state index in [0.29, 0.717) is 29.4 Å². The van der Waals surface area contributed by atoms with Crippen LogP contribution in [0.1, 0.15) is 20.7 Å². The van der Waals surface area contributed by atoms with E-state index in [1.807, 2.05) is 36.4 Å². The summed E-state index contributed by atoms with van der Waals surface area (Å²) in [6.45, 7) is 0. The number of carbonyl (C=O) groups excluding carboxylic acids is 2. The number of ketones is 2. The average Bonchev–Trinajstić information content (AvgIpc) is 2.47. The van der Waals surface area contributed by atoms with Gasteiger partial charge in [0.25, 0.3) is 0 Å². The standard InChI is InChI=1S/C15H11O2.Zn/c16-14(12-7-3-1-4-8-12)11-15(17)13-9-5-2-6-10-13;/h1-11H;. The van der Waals surface area contributed by atoms with Crippen molar-refractivity contribution >= 4 is 11.6 Å².